The first-order valence-electron chi connectivity index (χ1n) is 7.67. The number of nitrogens with two attached hydrogens (primary N) is 1. The van der Waals surface area contributed by atoms with Crippen LogP contribution in [-0.2, 0) is 4.79 Å². The minimum atomic E-state index is -0.580. The number of amides is 1. The van der Waals surface area contributed by atoms with Crippen LogP contribution in [0.15, 0.2) is 18.2 Å². The first-order chi connectivity index (χ1) is 10.4. The standard InChI is InChI=1S/C16H25FN4O.3ClH/c1-11(18)16(22)19-12(2)14-10-13(17)4-5-15(14)21-8-6-20(3)7-9-21;;;/h4-5,10-12H,6-9,18H2,1-3H3,(H,19,22);3*1H/t11-,12?;;;/m1.../s1. The topological polar surface area (TPSA) is 61.6 Å². The summed E-state index contributed by atoms with van der Waals surface area (Å²) in [4.78, 5) is 16.3. The number of hydrogen-bond acceptors (Lipinski definition) is 4. The van der Waals surface area contributed by atoms with Crippen LogP contribution in [0.1, 0.15) is 25.5 Å². The smallest absolute Gasteiger partial charge is 0.237 e. The third-order valence-electron chi connectivity index (χ3n) is 4.07. The maximum absolute atomic E-state index is 13.7. The first-order valence-corrected chi connectivity index (χ1v) is 7.67. The largest absolute Gasteiger partial charge is 0.369 e. The van der Waals surface area contributed by atoms with Crippen molar-refractivity contribution in [3.63, 3.8) is 0 Å². The molecule has 9 heteroatoms. The summed E-state index contributed by atoms with van der Waals surface area (Å²) < 4.78 is 13.7. The summed E-state index contributed by atoms with van der Waals surface area (Å²) in [5, 5.41) is 2.84. The van der Waals surface area contributed by atoms with Gasteiger partial charge in [0.25, 0.3) is 0 Å². The van der Waals surface area contributed by atoms with E-state index >= 15 is 0 Å². The van der Waals surface area contributed by atoms with Crippen molar-refractivity contribution < 1.29 is 9.18 Å². The van der Waals surface area contributed by atoms with E-state index in [-0.39, 0.29) is 55.0 Å². The number of nitrogens with one attached hydrogen (secondary N) is 1. The average molecular weight is 418 g/mol. The number of halogens is 4. The van der Waals surface area contributed by atoms with Crippen LogP contribution in [0.3, 0.4) is 0 Å². The van der Waals surface area contributed by atoms with Crippen LogP contribution in [0, 0.1) is 5.82 Å². The Balaban J connectivity index is 0. The molecular weight excluding hydrogens is 390 g/mol. The van der Waals surface area contributed by atoms with Gasteiger partial charge in [0.1, 0.15) is 5.82 Å². The van der Waals surface area contributed by atoms with E-state index < -0.39 is 6.04 Å². The molecule has 1 aliphatic heterocycles. The second-order valence-corrected chi connectivity index (χ2v) is 6.01. The van der Waals surface area contributed by atoms with E-state index in [2.05, 4.69) is 22.2 Å². The molecule has 0 aromatic heterocycles. The van der Waals surface area contributed by atoms with Gasteiger partial charge in [-0.1, -0.05) is 0 Å². The van der Waals surface area contributed by atoms with Crippen LogP contribution >= 0.6 is 37.2 Å². The van der Waals surface area contributed by atoms with E-state index in [0.29, 0.717) is 0 Å². The third-order valence-corrected chi connectivity index (χ3v) is 4.07. The zero-order chi connectivity index (χ0) is 16.3. The van der Waals surface area contributed by atoms with Gasteiger partial charge in [-0.2, -0.15) is 0 Å². The lowest BCUT2D eigenvalue weighted by atomic mass is 10.0. The van der Waals surface area contributed by atoms with Gasteiger partial charge in [-0.05, 0) is 39.1 Å². The highest BCUT2D eigenvalue weighted by atomic mass is 35.5. The first kappa shape index (κ1) is 26.4. The minimum absolute atomic E-state index is 0. The van der Waals surface area contributed by atoms with Gasteiger partial charge in [-0.15, -0.1) is 37.2 Å². The summed E-state index contributed by atoms with van der Waals surface area (Å²) in [5.74, 6) is -0.532. The molecular formula is C16H28Cl3FN4O. The second kappa shape index (κ2) is 11.8. The molecule has 3 N–H and O–H groups in total. The number of carbonyl (C=O) groups is 1. The quantitative estimate of drug-likeness (QED) is 0.789. The lowest BCUT2D eigenvalue weighted by molar-refractivity contribution is -0.122. The molecule has 1 amide bonds. The molecule has 0 saturated carbocycles. The number of piperazine rings is 1. The molecule has 0 spiro atoms. The van der Waals surface area contributed by atoms with E-state index in [9.17, 15) is 9.18 Å². The number of likely N-dealkylation sites (N-methyl/N-ethyl adjacent to an activating group) is 1. The zero-order valence-corrected chi connectivity index (χ0v) is 17.1. The Labute approximate surface area is 167 Å². The summed E-state index contributed by atoms with van der Waals surface area (Å²) in [7, 11) is 2.09. The highest BCUT2D eigenvalue weighted by molar-refractivity contribution is 5.86. The van der Waals surface area contributed by atoms with E-state index in [1.165, 1.54) is 12.1 Å². The number of nitrogens with zero attached hydrogens (tertiary/aromatic N) is 2. The highest BCUT2D eigenvalue weighted by Crippen LogP contribution is 2.28. The molecule has 1 saturated heterocycles. The van der Waals surface area contributed by atoms with E-state index in [0.717, 1.165) is 37.4 Å². The lowest BCUT2D eigenvalue weighted by Gasteiger charge is -2.36. The predicted octanol–water partition coefficient (Wildman–Crippen LogP) is 2.37. The van der Waals surface area contributed by atoms with Crippen molar-refractivity contribution in [2.45, 2.75) is 25.9 Å². The van der Waals surface area contributed by atoms with Gasteiger partial charge >= 0.3 is 0 Å². The molecule has 1 aliphatic rings. The van der Waals surface area contributed by atoms with Crippen LogP contribution in [0.25, 0.3) is 0 Å². The Hall–Kier alpha value is -0.790. The summed E-state index contributed by atoms with van der Waals surface area (Å²) in [6, 6.07) is 3.90. The average Bonchev–Trinajstić information content (AvgIpc) is 2.48. The van der Waals surface area contributed by atoms with Crippen LogP contribution in [0.5, 0.6) is 0 Å². The third kappa shape index (κ3) is 7.15. The van der Waals surface area contributed by atoms with Gasteiger partial charge in [0.15, 0.2) is 0 Å². The summed E-state index contributed by atoms with van der Waals surface area (Å²) in [6.07, 6.45) is 0. The van der Waals surface area contributed by atoms with Gasteiger partial charge in [-0.3, -0.25) is 4.79 Å². The monoisotopic (exact) mass is 416 g/mol. The SMILES string of the molecule is CC(NC(=O)[C@@H](C)N)c1cc(F)ccc1N1CCN(C)CC1.Cl.Cl.Cl. The van der Waals surface area contributed by atoms with E-state index in [1.807, 2.05) is 6.92 Å². The number of hydrogen-bond donors (Lipinski definition) is 2. The van der Waals surface area contributed by atoms with Crippen molar-refractivity contribution in [1.82, 2.24) is 10.2 Å². The van der Waals surface area contributed by atoms with Gasteiger partial charge < -0.3 is 20.9 Å². The maximum Gasteiger partial charge on any atom is 0.237 e. The summed E-state index contributed by atoms with van der Waals surface area (Å²) >= 11 is 0. The Kier molecular flexibility index (Phi) is 12.4. The number of anilines is 1. The molecule has 1 fully saturated rings. The molecule has 1 aromatic rings. The van der Waals surface area contributed by atoms with E-state index in [4.69, 9.17) is 5.73 Å². The molecule has 0 bridgehead atoms. The normalized spacial score (nSPS) is 16.6. The molecule has 5 nitrogen and oxygen atoms in total. The van der Waals surface area contributed by atoms with Crippen molar-refractivity contribution in [1.29, 1.82) is 0 Å². The van der Waals surface area contributed by atoms with Crippen molar-refractivity contribution in [3.05, 3.63) is 29.6 Å². The van der Waals surface area contributed by atoms with Crippen molar-refractivity contribution in [3.8, 4) is 0 Å². The Morgan fingerprint density at radius 3 is 2.24 bits per heavy atom. The molecule has 1 aromatic carbocycles. The zero-order valence-electron chi connectivity index (χ0n) is 14.7. The van der Waals surface area contributed by atoms with Gasteiger partial charge in [0, 0.05) is 37.4 Å². The molecule has 0 radical (unpaired) electrons. The number of rotatable bonds is 4. The molecule has 25 heavy (non-hydrogen) atoms. The number of benzene rings is 1. The van der Waals surface area contributed by atoms with Gasteiger partial charge in [0.2, 0.25) is 5.91 Å². The Bertz CT molecular complexity index is 540. The highest BCUT2D eigenvalue weighted by Gasteiger charge is 2.21. The Morgan fingerprint density at radius 2 is 1.72 bits per heavy atom. The van der Waals surface area contributed by atoms with E-state index in [1.54, 1.807) is 13.0 Å². The molecule has 0 aliphatic carbocycles. The molecule has 146 valence electrons. The maximum atomic E-state index is 13.7. The lowest BCUT2D eigenvalue weighted by Crippen LogP contribution is -2.45. The molecule has 1 heterocycles. The van der Waals surface area contributed by atoms with Crippen LogP contribution in [0.2, 0.25) is 0 Å². The van der Waals surface area contributed by atoms with Gasteiger partial charge in [0.05, 0.1) is 12.1 Å². The Morgan fingerprint density at radius 1 is 1.16 bits per heavy atom. The minimum Gasteiger partial charge on any atom is -0.369 e. The fraction of sp³-hybridized carbons (Fsp3) is 0.562. The van der Waals surface area contributed by atoms with Crippen LogP contribution < -0.4 is 16.0 Å². The second-order valence-electron chi connectivity index (χ2n) is 6.01. The van der Waals surface area contributed by atoms with Crippen molar-refractivity contribution in [2.24, 2.45) is 5.73 Å². The molecule has 2 atom stereocenters. The van der Waals surface area contributed by atoms with Gasteiger partial charge in [-0.25, -0.2) is 4.39 Å². The van der Waals surface area contributed by atoms with Crippen molar-refractivity contribution >= 4 is 48.8 Å². The van der Waals surface area contributed by atoms with Crippen LogP contribution in [-0.4, -0.2) is 50.1 Å². The number of carbonyl (C=O) groups excluding carboxylic acids is 1. The predicted molar refractivity (Wildman–Crippen MR) is 108 cm³/mol. The molecule has 2 rings (SSSR count). The summed E-state index contributed by atoms with van der Waals surface area (Å²) in [6.45, 7) is 7.21. The fourth-order valence-corrected chi connectivity index (χ4v) is 2.63. The fourth-order valence-electron chi connectivity index (χ4n) is 2.63. The summed E-state index contributed by atoms with van der Waals surface area (Å²) in [5.41, 5.74) is 7.36. The van der Waals surface area contributed by atoms with Crippen molar-refractivity contribution in [2.75, 3.05) is 38.1 Å². The van der Waals surface area contributed by atoms with Crippen LogP contribution in [0.4, 0.5) is 10.1 Å². The molecule has 1 unspecified atom stereocenters.